The Kier molecular flexibility index (Phi) is 7.40. The summed E-state index contributed by atoms with van der Waals surface area (Å²) in [6, 6.07) is 13.7. The minimum absolute atomic E-state index is 0.103. The molecule has 3 rings (SSSR count). The second-order valence-electron chi connectivity index (χ2n) is 8.89. The van der Waals surface area contributed by atoms with Crippen LogP contribution in [0.5, 0.6) is 11.5 Å². The summed E-state index contributed by atoms with van der Waals surface area (Å²) in [6.07, 6.45) is 1.41. The van der Waals surface area contributed by atoms with Gasteiger partial charge in [-0.15, -0.1) is 0 Å². The SMILES string of the molecule is CCn1nccc1C(C(N)=O)c1cccc(CC(C)(C)NCC(O)c2cc(O)cc(O)c2)c1. The lowest BCUT2D eigenvalue weighted by atomic mass is 9.89. The molecule has 176 valence electrons. The number of aliphatic hydroxyl groups is 1. The molecular formula is C25H32N4O4. The number of aromatic nitrogens is 2. The number of carbonyl (C=O) groups excluding carboxylic acids is 1. The quantitative estimate of drug-likeness (QED) is 0.321. The lowest BCUT2D eigenvalue weighted by Crippen LogP contribution is -2.43. The van der Waals surface area contributed by atoms with Crippen molar-refractivity contribution in [2.45, 2.75) is 51.3 Å². The Hall–Kier alpha value is -3.36. The second kappa shape index (κ2) is 10.1. The molecule has 33 heavy (non-hydrogen) atoms. The standard InChI is InChI=1S/C25H32N4O4/c1-4-29-21(8-9-28-29)23(24(26)33)17-7-5-6-16(10-17)14-25(2,3)27-15-22(32)18-11-19(30)13-20(31)12-18/h5-13,22-23,27,30-32H,4,14-15H2,1-3H3,(H2,26,33). The maximum absolute atomic E-state index is 12.3. The molecular weight excluding hydrogens is 420 g/mol. The molecule has 8 nitrogen and oxygen atoms in total. The molecule has 2 atom stereocenters. The van der Waals surface area contributed by atoms with E-state index < -0.39 is 17.9 Å². The first-order chi connectivity index (χ1) is 15.6. The summed E-state index contributed by atoms with van der Waals surface area (Å²) in [5.41, 5.74) is 8.39. The molecule has 0 aliphatic heterocycles. The van der Waals surface area contributed by atoms with Crippen molar-refractivity contribution in [1.29, 1.82) is 0 Å². The number of primary amides is 1. The molecule has 0 saturated heterocycles. The summed E-state index contributed by atoms with van der Waals surface area (Å²) in [4.78, 5) is 12.3. The van der Waals surface area contributed by atoms with Crippen LogP contribution < -0.4 is 11.1 Å². The Morgan fingerprint density at radius 1 is 1.12 bits per heavy atom. The van der Waals surface area contributed by atoms with Crippen molar-refractivity contribution in [3.05, 3.63) is 77.1 Å². The van der Waals surface area contributed by atoms with Crippen LogP contribution >= 0.6 is 0 Å². The topological polar surface area (TPSA) is 134 Å². The van der Waals surface area contributed by atoms with Crippen LogP contribution in [0.15, 0.2) is 54.7 Å². The first-order valence-electron chi connectivity index (χ1n) is 11.0. The minimum atomic E-state index is -0.901. The summed E-state index contributed by atoms with van der Waals surface area (Å²) in [5.74, 6) is -1.23. The Balaban J connectivity index is 1.73. The smallest absolute Gasteiger partial charge is 0.231 e. The van der Waals surface area contributed by atoms with Crippen molar-refractivity contribution in [3.63, 3.8) is 0 Å². The van der Waals surface area contributed by atoms with Gasteiger partial charge in [0.1, 0.15) is 17.4 Å². The van der Waals surface area contributed by atoms with E-state index >= 15 is 0 Å². The highest BCUT2D eigenvalue weighted by Gasteiger charge is 2.25. The van der Waals surface area contributed by atoms with Gasteiger partial charge < -0.3 is 26.4 Å². The van der Waals surface area contributed by atoms with Gasteiger partial charge in [0, 0.05) is 30.9 Å². The van der Waals surface area contributed by atoms with Crippen LogP contribution in [0, 0.1) is 0 Å². The van der Waals surface area contributed by atoms with Crippen LogP contribution in [-0.4, -0.2) is 43.1 Å². The average molecular weight is 453 g/mol. The van der Waals surface area contributed by atoms with E-state index in [1.165, 1.54) is 18.2 Å². The fraction of sp³-hybridized carbons (Fsp3) is 0.360. The molecule has 0 radical (unpaired) electrons. The number of β-amino-alcohol motifs (C(OH)–C–C–N with tert-alkyl or cyclic N) is 1. The van der Waals surface area contributed by atoms with E-state index in [2.05, 4.69) is 10.4 Å². The maximum atomic E-state index is 12.3. The van der Waals surface area contributed by atoms with Crippen molar-refractivity contribution in [2.75, 3.05) is 6.54 Å². The summed E-state index contributed by atoms with van der Waals surface area (Å²) in [6.45, 7) is 6.87. The number of nitrogens with one attached hydrogen (secondary N) is 1. The summed E-state index contributed by atoms with van der Waals surface area (Å²) < 4.78 is 1.77. The van der Waals surface area contributed by atoms with Gasteiger partial charge in [-0.2, -0.15) is 5.10 Å². The fourth-order valence-electron chi connectivity index (χ4n) is 4.09. The van der Waals surface area contributed by atoms with Crippen LogP contribution in [-0.2, 0) is 17.8 Å². The molecule has 0 aliphatic carbocycles. The molecule has 1 aromatic heterocycles. The van der Waals surface area contributed by atoms with E-state index in [0.29, 0.717) is 18.5 Å². The molecule has 8 heteroatoms. The molecule has 0 saturated carbocycles. The Morgan fingerprint density at radius 2 is 1.82 bits per heavy atom. The van der Waals surface area contributed by atoms with Gasteiger partial charge in [0.05, 0.1) is 11.8 Å². The van der Waals surface area contributed by atoms with Crippen molar-refractivity contribution >= 4 is 5.91 Å². The van der Waals surface area contributed by atoms with E-state index in [-0.39, 0.29) is 23.6 Å². The Bertz CT molecular complexity index is 1090. The average Bonchev–Trinajstić information content (AvgIpc) is 3.19. The zero-order valence-electron chi connectivity index (χ0n) is 19.2. The number of benzene rings is 2. The van der Waals surface area contributed by atoms with Crippen LogP contribution in [0.1, 0.15) is 55.2 Å². The number of aromatic hydroxyl groups is 2. The number of hydrogen-bond donors (Lipinski definition) is 5. The molecule has 3 aromatic rings. The van der Waals surface area contributed by atoms with Gasteiger partial charge in [-0.3, -0.25) is 9.48 Å². The van der Waals surface area contributed by atoms with E-state index in [1.54, 1.807) is 10.9 Å². The number of aryl methyl sites for hydroxylation is 1. The van der Waals surface area contributed by atoms with Crippen molar-refractivity contribution in [2.24, 2.45) is 5.73 Å². The molecule has 0 spiro atoms. The van der Waals surface area contributed by atoms with Gasteiger partial charge >= 0.3 is 0 Å². The number of rotatable bonds is 10. The zero-order valence-corrected chi connectivity index (χ0v) is 19.2. The minimum Gasteiger partial charge on any atom is -0.508 e. The third-order valence-electron chi connectivity index (χ3n) is 5.64. The Morgan fingerprint density at radius 3 is 2.45 bits per heavy atom. The first kappa shape index (κ1) is 24.3. The van der Waals surface area contributed by atoms with Gasteiger partial charge in [0.25, 0.3) is 0 Å². The molecule has 2 unspecified atom stereocenters. The van der Waals surface area contributed by atoms with Crippen molar-refractivity contribution < 1.29 is 20.1 Å². The largest absolute Gasteiger partial charge is 0.508 e. The second-order valence-corrected chi connectivity index (χ2v) is 8.89. The predicted molar refractivity (Wildman–Crippen MR) is 126 cm³/mol. The first-order valence-corrected chi connectivity index (χ1v) is 11.0. The predicted octanol–water partition coefficient (Wildman–Crippen LogP) is 2.58. The molecule has 0 fully saturated rings. The van der Waals surface area contributed by atoms with Crippen molar-refractivity contribution in [1.82, 2.24) is 15.1 Å². The highest BCUT2D eigenvalue weighted by atomic mass is 16.3. The van der Waals surface area contributed by atoms with Gasteiger partial charge in [0.2, 0.25) is 5.91 Å². The van der Waals surface area contributed by atoms with Gasteiger partial charge in [-0.1, -0.05) is 24.3 Å². The normalized spacial score (nSPS) is 13.6. The molecule has 6 N–H and O–H groups in total. The number of phenolic OH excluding ortho intramolecular Hbond substituents is 2. The Labute approximate surface area is 193 Å². The summed E-state index contributed by atoms with van der Waals surface area (Å²) in [7, 11) is 0. The van der Waals surface area contributed by atoms with Crippen LogP contribution in [0.25, 0.3) is 0 Å². The van der Waals surface area contributed by atoms with E-state index in [4.69, 9.17) is 5.73 Å². The van der Waals surface area contributed by atoms with Gasteiger partial charge in [-0.05, 0) is 62.1 Å². The number of amides is 1. The highest BCUT2D eigenvalue weighted by molar-refractivity contribution is 5.85. The number of carbonyl (C=O) groups is 1. The number of aliphatic hydroxyl groups excluding tert-OH is 1. The monoisotopic (exact) mass is 452 g/mol. The van der Waals surface area contributed by atoms with E-state index in [0.717, 1.165) is 16.8 Å². The molecule has 1 amide bonds. The third kappa shape index (κ3) is 6.12. The van der Waals surface area contributed by atoms with Crippen molar-refractivity contribution in [3.8, 4) is 11.5 Å². The number of phenols is 2. The van der Waals surface area contributed by atoms with Crippen LogP contribution in [0.2, 0.25) is 0 Å². The number of nitrogens with two attached hydrogens (primary N) is 1. The van der Waals surface area contributed by atoms with Gasteiger partial charge in [0.15, 0.2) is 0 Å². The number of nitrogens with zero attached hydrogens (tertiary/aromatic N) is 2. The van der Waals surface area contributed by atoms with Gasteiger partial charge in [-0.25, -0.2) is 0 Å². The maximum Gasteiger partial charge on any atom is 0.231 e. The highest BCUT2D eigenvalue weighted by Crippen LogP contribution is 2.27. The van der Waals surface area contributed by atoms with E-state index in [9.17, 15) is 20.1 Å². The number of hydrogen-bond acceptors (Lipinski definition) is 6. The molecule has 2 aromatic carbocycles. The molecule has 0 aliphatic rings. The van der Waals surface area contributed by atoms with E-state index in [1.807, 2.05) is 51.1 Å². The summed E-state index contributed by atoms with van der Waals surface area (Å²) in [5, 5.41) is 37.4. The lowest BCUT2D eigenvalue weighted by Gasteiger charge is -2.28. The lowest BCUT2D eigenvalue weighted by molar-refractivity contribution is -0.118. The zero-order chi connectivity index (χ0) is 24.2. The fourth-order valence-corrected chi connectivity index (χ4v) is 4.09. The molecule has 1 heterocycles. The van der Waals surface area contributed by atoms with Crippen LogP contribution in [0.4, 0.5) is 0 Å². The third-order valence-corrected chi connectivity index (χ3v) is 5.64. The summed E-state index contributed by atoms with van der Waals surface area (Å²) >= 11 is 0. The molecule has 0 bridgehead atoms. The van der Waals surface area contributed by atoms with Crippen LogP contribution in [0.3, 0.4) is 0 Å².